The van der Waals surface area contributed by atoms with Gasteiger partial charge in [0.2, 0.25) is 0 Å². The van der Waals surface area contributed by atoms with Gasteiger partial charge in [0, 0.05) is 34.9 Å². The summed E-state index contributed by atoms with van der Waals surface area (Å²) in [6.45, 7) is 4.38. The molecule has 3 heterocycles. The zero-order valence-corrected chi connectivity index (χ0v) is 20.8. The predicted molar refractivity (Wildman–Crippen MR) is 134 cm³/mol. The van der Waals surface area contributed by atoms with Crippen LogP contribution in [0.4, 0.5) is 0 Å². The number of hydrogen-bond donors (Lipinski definition) is 3. The van der Waals surface area contributed by atoms with Crippen LogP contribution in [0.2, 0.25) is 5.02 Å². The quantitative estimate of drug-likeness (QED) is 0.490. The highest BCUT2D eigenvalue weighted by Gasteiger charge is 2.64. The number of nitrogens with one attached hydrogen (secondary N) is 2. The maximum absolute atomic E-state index is 13.5. The van der Waals surface area contributed by atoms with Crippen LogP contribution >= 0.6 is 11.6 Å². The van der Waals surface area contributed by atoms with Crippen molar-refractivity contribution in [3.63, 3.8) is 0 Å². The molecule has 3 fully saturated rings. The minimum atomic E-state index is -1.42. The Labute approximate surface area is 213 Å². The average Bonchev–Trinajstić information content (AvgIpc) is 3.08. The van der Waals surface area contributed by atoms with Crippen molar-refractivity contribution in [2.75, 3.05) is 13.1 Å². The molecular weight excluding hydrogens is 482 g/mol. The number of carbonyl (C=O) groups is 2. The normalized spacial score (nSPS) is 29.2. The fourth-order valence-corrected chi connectivity index (χ4v) is 5.87. The largest absolute Gasteiger partial charge is 0.381 e. The Bertz CT molecular complexity index is 1330. The Balaban J connectivity index is 1.25. The first-order chi connectivity index (χ1) is 17.1. The van der Waals surface area contributed by atoms with Crippen molar-refractivity contribution in [1.82, 2.24) is 15.2 Å². The highest BCUT2D eigenvalue weighted by molar-refractivity contribution is 6.31. The van der Waals surface area contributed by atoms with Crippen LogP contribution in [0.3, 0.4) is 0 Å². The van der Waals surface area contributed by atoms with E-state index in [0.717, 1.165) is 16.5 Å². The second-order valence-electron chi connectivity index (χ2n) is 10.4. The number of halogens is 1. The zero-order chi connectivity index (χ0) is 25.2. The van der Waals surface area contributed by atoms with Crippen molar-refractivity contribution in [3.05, 3.63) is 70.9 Å². The first kappa shape index (κ1) is 23.5. The second kappa shape index (κ2) is 8.31. The molecule has 36 heavy (non-hydrogen) atoms. The number of aromatic amines is 1. The van der Waals surface area contributed by atoms with Crippen molar-refractivity contribution in [1.29, 1.82) is 0 Å². The summed E-state index contributed by atoms with van der Waals surface area (Å²) in [7, 11) is 0. The average molecular weight is 510 g/mol. The summed E-state index contributed by atoms with van der Waals surface area (Å²) in [5, 5.41) is 15.8. The summed E-state index contributed by atoms with van der Waals surface area (Å²) in [5.41, 5.74) is 0.949. The molecule has 2 amide bonds. The molecule has 1 unspecified atom stereocenters. The molecule has 2 saturated heterocycles. The number of hydrogen-bond acceptors (Lipinski definition) is 5. The predicted octanol–water partition coefficient (Wildman–Crippen LogP) is 3.20. The molecule has 5 atom stereocenters. The monoisotopic (exact) mass is 509 g/mol. The number of ether oxygens (including phenoxy) is 2. The van der Waals surface area contributed by atoms with E-state index in [2.05, 4.69) is 10.3 Å². The molecule has 3 aromatic rings. The topological polar surface area (TPSA) is 104 Å². The summed E-state index contributed by atoms with van der Waals surface area (Å²) in [4.78, 5) is 31.5. The number of aliphatic hydroxyl groups is 1. The van der Waals surface area contributed by atoms with Gasteiger partial charge in [0.1, 0.15) is 17.9 Å². The number of aromatic nitrogens is 1. The summed E-state index contributed by atoms with van der Waals surface area (Å²) in [6.07, 6.45) is -1.44. The van der Waals surface area contributed by atoms with Gasteiger partial charge in [0.25, 0.3) is 11.8 Å². The molecule has 2 aliphatic heterocycles. The molecule has 9 heteroatoms. The van der Waals surface area contributed by atoms with Crippen molar-refractivity contribution >= 4 is 34.3 Å². The lowest BCUT2D eigenvalue weighted by Gasteiger charge is -2.29. The number of fused-ring (bicyclic) bond motifs is 2. The SMILES string of the molecule is CC1(C)O[C@H]2CN(C(=O)[C@H](O)C3(NC(=O)c4cc5cc(Cl)ccc5[nH]4)C[C@H]3c3ccccc3)C[C@H]2O1. The van der Waals surface area contributed by atoms with E-state index in [9.17, 15) is 14.7 Å². The van der Waals surface area contributed by atoms with Crippen molar-refractivity contribution in [2.24, 2.45) is 0 Å². The zero-order valence-electron chi connectivity index (χ0n) is 20.0. The molecule has 6 rings (SSSR count). The summed E-state index contributed by atoms with van der Waals surface area (Å²) in [6, 6.07) is 16.7. The van der Waals surface area contributed by atoms with E-state index < -0.39 is 23.3 Å². The van der Waals surface area contributed by atoms with Gasteiger partial charge in [-0.2, -0.15) is 0 Å². The van der Waals surface area contributed by atoms with Gasteiger partial charge in [-0.05, 0) is 50.1 Å². The molecule has 2 aromatic carbocycles. The molecular formula is C27H28ClN3O5. The molecule has 1 saturated carbocycles. The van der Waals surface area contributed by atoms with Gasteiger partial charge in [0.15, 0.2) is 11.9 Å². The third kappa shape index (κ3) is 3.98. The Morgan fingerprint density at radius 2 is 1.81 bits per heavy atom. The Hall–Kier alpha value is -2.91. The number of carbonyl (C=O) groups excluding carboxylic acids is 2. The van der Waals surface area contributed by atoms with Crippen LogP contribution in [0.5, 0.6) is 0 Å². The van der Waals surface area contributed by atoms with Gasteiger partial charge >= 0.3 is 0 Å². The molecule has 1 aromatic heterocycles. The summed E-state index contributed by atoms with van der Waals surface area (Å²) in [5.74, 6) is -1.71. The van der Waals surface area contributed by atoms with Crippen LogP contribution in [0, 0.1) is 0 Å². The summed E-state index contributed by atoms with van der Waals surface area (Å²) < 4.78 is 11.8. The third-order valence-corrected chi connectivity index (χ3v) is 7.73. The number of rotatable bonds is 5. The van der Waals surface area contributed by atoms with Gasteiger partial charge < -0.3 is 29.8 Å². The molecule has 188 valence electrons. The van der Waals surface area contributed by atoms with Crippen molar-refractivity contribution < 1.29 is 24.2 Å². The molecule has 1 aliphatic carbocycles. The van der Waals surface area contributed by atoms with E-state index in [1.165, 1.54) is 0 Å². The third-order valence-electron chi connectivity index (χ3n) is 7.50. The maximum atomic E-state index is 13.5. The minimum Gasteiger partial charge on any atom is -0.381 e. The van der Waals surface area contributed by atoms with Crippen LogP contribution in [0.15, 0.2) is 54.6 Å². The number of benzene rings is 2. The molecule has 8 nitrogen and oxygen atoms in total. The van der Waals surface area contributed by atoms with Crippen LogP contribution in [0.25, 0.3) is 10.9 Å². The second-order valence-corrected chi connectivity index (χ2v) is 10.9. The fraction of sp³-hybridized carbons (Fsp3) is 0.407. The molecule has 0 spiro atoms. The van der Waals surface area contributed by atoms with Crippen molar-refractivity contribution in [3.8, 4) is 0 Å². The van der Waals surface area contributed by atoms with E-state index in [1.807, 2.05) is 50.2 Å². The first-order valence-electron chi connectivity index (χ1n) is 12.1. The first-order valence-corrected chi connectivity index (χ1v) is 12.5. The van der Waals surface area contributed by atoms with E-state index >= 15 is 0 Å². The minimum absolute atomic E-state index is 0.200. The number of aliphatic hydroxyl groups excluding tert-OH is 1. The maximum Gasteiger partial charge on any atom is 0.268 e. The van der Waals surface area contributed by atoms with Gasteiger partial charge in [-0.3, -0.25) is 9.59 Å². The van der Waals surface area contributed by atoms with Crippen LogP contribution in [0.1, 0.15) is 42.2 Å². The van der Waals surface area contributed by atoms with E-state index in [4.69, 9.17) is 21.1 Å². The molecule has 3 N–H and O–H groups in total. The van der Waals surface area contributed by atoms with Gasteiger partial charge in [-0.25, -0.2) is 0 Å². The van der Waals surface area contributed by atoms with Gasteiger partial charge in [-0.15, -0.1) is 0 Å². The van der Waals surface area contributed by atoms with Gasteiger partial charge in [0.05, 0.1) is 5.54 Å². The number of H-pyrrole nitrogens is 1. The lowest BCUT2D eigenvalue weighted by Crippen LogP contribution is -2.54. The number of amides is 2. The lowest BCUT2D eigenvalue weighted by atomic mass is 9.99. The summed E-state index contributed by atoms with van der Waals surface area (Å²) >= 11 is 6.09. The fourth-order valence-electron chi connectivity index (χ4n) is 5.69. The van der Waals surface area contributed by atoms with Gasteiger partial charge in [-0.1, -0.05) is 41.9 Å². The van der Waals surface area contributed by atoms with E-state index in [0.29, 0.717) is 30.2 Å². The smallest absolute Gasteiger partial charge is 0.268 e. The Morgan fingerprint density at radius 3 is 2.50 bits per heavy atom. The Kier molecular flexibility index (Phi) is 5.42. The van der Waals surface area contributed by atoms with Crippen LogP contribution < -0.4 is 5.32 Å². The molecule has 3 aliphatic rings. The van der Waals surface area contributed by atoms with E-state index in [-0.39, 0.29) is 24.0 Å². The molecule has 0 radical (unpaired) electrons. The molecule has 0 bridgehead atoms. The number of likely N-dealkylation sites (tertiary alicyclic amines) is 1. The van der Waals surface area contributed by atoms with E-state index in [1.54, 1.807) is 23.1 Å². The standard InChI is InChI=1S/C27H28ClN3O5/c1-26(2)35-21-13-31(14-22(21)36-26)25(34)23(32)27(12-18(27)15-6-4-3-5-7-15)30-24(33)20-11-16-10-17(28)8-9-19(16)29-20/h3-11,18,21-23,29,32H,12-14H2,1-2H3,(H,30,33)/t18-,21-,22+,23-,27?/m0/s1. The highest BCUT2D eigenvalue weighted by atomic mass is 35.5. The van der Waals surface area contributed by atoms with Crippen molar-refractivity contribution in [2.45, 2.75) is 55.8 Å². The highest BCUT2D eigenvalue weighted by Crippen LogP contribution is 2.54. The number of nitrogens with zero attached hydrogens (tertiary/aromatic N) is 1. The lowest BCUT2D eigenvalue weighted by molar-refractivity contribution is -0.164. The Morgan fingerprint density at radius 1 is 1.11 bits per heavy atom. The van der Waals surface area contributed by atoms with Crippen LogP contribution in [-0.4, -0.2) is 69.5 Å². The van der Waals surface area contributed by atoms with Crippen LogP contribution in [-0.2, 0) is 14.3 Å².